The number of nitrogens with one attached hydrogen (secondary N) is 2. The maximum atomic E-state index is 12.5. The summed E-state index contributed by atoms with van der Waals surface area (Å²) in [6, 6.07) is 11.3. The minimum atomic E-state index is -3.71. The first-order valence-electron chi connectivity index (χ1n) is 8.81. The number of sulfonamides is 1. The van der Waals surface area contributed by atoms with Crippen LogP contribution in [0.1, 0.15) is 34.3 Å². The van der Waals surface area contributed by atoms with E-state index in [9.17, 15) is 13.2 Å². The van der Waals surface area contributed by atoms with E-state index >= 15 is 0 Å². The molecule has 0 unspecified atom stereocenters. The molecule has 0 heterocycles. The first-order chi connectivity index (χ1) is 12.8. The van der Waals surface area contributed by atoms with Crippen molar-refractivity contribution in [3.8, 4) is 0 Å². The molecule has 0 aromatic heterocycles. The molecule has 2 aromatic carbocycles. The van der Waals surface area contributed by atoms with Crippen LogP contribution in [0.5, 0.6) is 0 Å². The van der Waals surface area contributed by atoms with Gasteiger partial charge in [0.1, 0.15) is 0 Å². The number of benzene rings is 2. The van der Waals surface area contributed by atoms with E-state index in [0.717, 1.165) is 24.0 Å². The fourth-order valence-corrected chi connectivity index (χ4v) is 3.53. The molecule has 0 saturated heterocycles. The van der Waals surface area contributed by atoms with Crippen LogP contribution in [0.15, 0.2) is 47.4 Å². The second kappa shape index (κ2) is 9.53. The van der Waals surface area contributed by atoms with E-state index in [1.54, 1.807) is 19.2 Å². The molecule has 0 atom stereocenters. The SMILES string of the molecule is COCCCCNC(=O)c1ccc(S(=O)(=O)Nc2ccc(C)c(C)c2)cc1. The van der Waals surface area contributed by atoms with E-state index in [1.807, 2.05) is 19.9 Å². The van der Waals surface area contributed by atoms with Crippen molar-refractivity contribution in [1.82, 2.24) is 5.32 Å². The maximum absolute atomic E-state index is 12.5. The molecule has 2 rings (SSSR count). The Balaban J connectivity index is 2.00. The van der Waals surface area contributed by atoms with Crippen molar-refractivity contribution < 1.29 is 17.9 Å². The van der Waals surface area contributed by atoms with Crippen molar-refractivity contribution in [2.75, 3.05) is 25.0 Å². The van der Waals surface area contributed by atoms with Crippen LogP contribution in [0, 0.1) is 13.8 Å². The summed E-state index contributed by atoms with van der Waals surface area (Å²) in [7, 11) is -2.07. The van der Waals surface area contributed by atoms with Crippen molar-refractivity contribution >= 4 is 21.6 Å². The van der Waals surface area contributed by atoms with Gasteiger partial charge in [-0.1, -0.05) is 6.07 Å². The average Bonchev–Trinajstić information content (AvgIpc) is 2.64. The Morgan fingerprint density at radius 3 is 2.33 bits per heavy atom. The summed E-state index contributed by atoms with van der Waals surface area (Å²) in [5.74, 6) is -0.224. The molecule has 2 aromatic rings. The van der Waals surface area contributed by atoms with Gasteiger partial charge < -0.3 is 10.1 Å². The number of hydrogen-bond donors (Lipinski definition) is 2. The molecule has 146 valence electrons. The van der Waals surface area contributed by atoms with Gasteiger partial charge in [0.05, 0.1) is 4.90 Å². The zero-order valence-electron chi connectivity index (χ0n) is 15.9. The molecule has 0 radical (unpaired) electrons. The molecule has 0 spiro atoms. The topological polar surface area (TPSA) is 84.5 Å². The minimum Gasteiger partial charge on any atom is -0.385 e. The monoisotopic (exact) mass is 390 g/mol. The Labute approximate surface area is 161 Å². The molecule has 27 heavy (non-hydrogen) atoms. The zero-order chi connectivity index (χ0) is 19.9. The van der Waals surface area contributed by atoms with Crippen molar-refractivity contribution in [2.24, 2.45) is 0 Å². The molecule has 7 heteroatoms. The summed E-state index contributed by atoms with van der Waals surface area (Å²) in [6.45, 7) is 5.11. The molecule has 0 aliphatic rings. The lowest BCUT2D eigenvalue weighted by molar-refractivity contribution is 0.0951. The molecule has 0 bridgehead atoms. The Morgan fingerprint density at radius 2 is 1.70 bits per heavy atom. The number of methoxy groups -OCH3 is 1. The van der Waals surface area contributed by atoms with Gasteiger partial charge in [0.2, 0.25) is 0 Å². The summed E-state index contributed by atoms with van der Waals surface area (Å²) >= 11 is 0. The smallest absolute Gasteiger partial charge is 0.261 e. The number of ether oxygens (including phenoxy) is 1. The Bertz CT molecular complexity index is 877. The van der Waals surface area contributed by atoms with Gasteiger partial charge in [-0.15, -0.1) is 0 Å². The van der Waals surface area contributed by atoms with E-state index in [0.29, 0.717) is 24.4 Å². The third kappa shape index (κ3) is 6.08. The number of carbonyl (C=O) groups excluding carboxylic acids is 1. The van der Waals surface area contributed by atoms with Gasteiger partial charge in [0.25, 0.3) is 15.9 Å². The van der Waals surface area contributed by atoms with Crippen LogP contribution in [-0.4, -0.2) is 34.6 Å². The summed E-state index contributed by atoms with van der Waals surface area (Å²) in [5, 5.41) is 2.81. The average molecular weight is 391 g/mol. The Hall–Kier alpha value is -2.38. The molecular weight excluding hydrogens is 364 g/mol. The minimum absolute atomic E-state index is 0.109. The number of rotatable bonds is 9. The van der Waals surface area contributed by atoms with Gasteiger partial charge in [0.15, 0.2) is 0 Å². The fourth-order valence-electron chi connectivity index (χ4n) is 2.48. The summed E-state index contributed by atoms with van der Waals surface area (Å²) in [4.78, 5) is 12.2. The largest absolute Gasteiger partial charge is 0.385 e. The predicted octanol–water partition coefficient (Wildman–Crippen LogP) is 3.26. The normalized spacial score (nSPS) is 11.2. The highest BCUT2D eigenvalue weighted by atomic mass is 32.2. The number of amides is 1. The first-order valence-corrected chi connectivity index (χ1v) is 10.3. The number of anilines is 1. The van der Waals surface area contributed by atoms with E-state index in [-0.39, 0.29) is 10.8 Å². The van der Waals surface area contributed by atoms with Crippen molar-refractivity contribution in [2.45, 2.75) is 31.6 Å². The van der Waals surface area contributed by atoms with Gasteiger partial charge in [-0.25, -0.2) is 8.42 Å². The summed E-state index contributed by atoms with van der Waals surface area (Å²) in [5.41, 5.74) is 3.03. The highest BCUT2D eigenvalue weighted by Gasteiger charge is 2.15. The van der Waals surface area contributed by atoms with Gasteiger partial charge >= 0.3 is 0 Å². The van der Waals surface area contributed by atoms with Crippen LogP contribution in [0.3, 0.4) is 0 Å². The van der Waals surface area contributed by atoms with E-state index in [2.05, 4.69) is 10.0 Å². The van der Waals surface area contributed by atoms with Crippen molar-refractivity contribution in [1.29, 1.82) is 0 Å². The van der Waals surface area contributed by atoms with E-state index < -0.39 is 10.0 Å². The zero-order valence-corrected chi connectivity index (χ0v) is 16.7. The Morgan fingerprint density at radius 1 is 1.00 bits per heavy atom. The van der Waals surface area contributed by atoms with Gasteiger partial charge in [-0.2, -0.15) is 0 Å². The van der Waals surface area contributed by atoms with Crippen LogP contribution in [-0.2, 0) is 14.8 Å². The molecule has 2 N–H and O–H groups in total. The molecule has 6 nitrogen and oxygen atoms in total. The van der Waals surface area contributed by atoms with Crippen LogP contribution >= 0.6 is 0 Å². The summed E-state index contributed by atoms with van der Waals surface area (Å²) in [6.07, 6.45) is 1.70. The van der Waals surface area contributed by atoms with Gasteiger partial charge in [-0.05, 0) is 74.2 Å². The lowest BCUT2D eigenvalue weighted by Gasteiger charge is -2.10. The number of unbranched alkanes of at least 4 members (excludes halogenated alkanes) is 1. The number of hydrogen-bond acceptors (Lipinski definition) is 4. The lowest BCUT2D eigenvalue weighted by atomic mass is 10.1. The lowest BCUT2D eigenvalue weighted by Crippen LogP contribution is -2.24. The standard InChI is InChI=1S/C20H26N2O4S/c1-15-6-9-18(14-16(15)2)22-27(24,25)19-10-7-17(8-11-19)20(23)21-12-4-5-13-26-3/h6-11,14,22H,4-5,12-13H2,1-3H3,(H,21,23). The highest BCUT2D eigenvalue weighted by Crippen LogP contribution is 2.19. The number of carbonyl (C=O) groups is 1. The van der Waals surface area contributed by atoms with E-state index in [1.165, 1.54) is 24.3 Å². The quantitative estimate of drug-likeness (QED) is 0.644. The first kappa shape index (κ1) is 20.9. The maximum Gasteiger partial charge on any atom is 0.261 e. The summed E-state index contributed by atoms with van der Waals surface area (Å²) < 4.78 is 32.6. The van der Waals surface area contributed by atoms with Crippen molar-refractivity contribution in [3.05, 3.63) is 59.2 Å². The highest BCUT2D eigenvalue weighted by molar-refractivity contribution is 7.92. The van der Waals surface area contributed by atoms with Gasteiger partial charge in [-0.3, -0.25) is 9.52 Å². The predicted molar refractivity (Wildman–Crippen MR) is 107 cm³/mol. The van der Waals surface area contributed by atoms with Crippen LogP contribution in [0.25, 0.3) is 0 Å². The molecule has 0 fully saturated rings. The van der Waals surface area contributed by atoms with Crippen molar-refractivity contribution in [3.63, 3.8) is 0 Å². The third-order valence-corrected chi connectivity index (χ3v) is 5.64. The number of aryl methyl sites for hydroxylation is 2. The third-order valence-electron chi connectivity index (χ3n) is 4.25. The Kier molecular flexibility index (Phi) is 7.38. The molecule has 0 saturated carbocycles. The van der Waals surface area contributed by atoms with Crippen LogP contribution in [0.4, 0.5) is 5.69 Å². The second-order valence-electron chi connectivity index (χ2n) is 6.38. The molecule has 0 aliphatic carbocycles. The molecular formula is C20H26N2O4S. The van der Waals surface area contributed by atoms with Gasteiger partial charge in [0, 0.05) is 31.5 Å². The molecule has 0 aliphatic heterocycles. The van der Waals surface area contributed by atoms with E-state index in [4.69, 9.17) is 4.74 Å². The van der Waals surface area contributed by atoms with Crippen LogP contribution < -0.4 is 10.0 Å². The fraction of sp³-hybridized carbons (Fsp3) is 0.350. The molecule has 1 amide bonds. The second-order valence-corrected chi connectivity index (χ2v) is 8.07. The van der Waals surface area contributed by atoms with Crippen LogP contribution in [0.2, 0.25) is 0 Å².